The van der Waals surface area contributed by atoms with Crippen LogP contribution in [0.15, 0.2) is 35.2 Å². The number of anilines is 1. The van der Waals surface area contributed by atoms with Gasteiger partial charge < -0.3 is 4.74 Å². The summed E-state index contributed by atoms with van der Waals surface area (Å²) in [5.74, 6) is 1.26. The molecule has 1 amide bonds. The molecular formula is C18H17ClN6O2+. The highest BCUT2D eigenvalue weighted by Crippen LogP contribution is 2.39. The molecule has 2 aromatic rings. The van der Waals surface area contributed by atoms with Crippen molar-refractivity contribution in [3.8, 4) is 0 Å². The lowest BCUT2D eigenvalue weighted by Gasteiger charge is -2.24. The summed E-state index contributed by atoms with van der Waals surface area (Å²) in [7, 11) is 1.72. The van der Waals surface area contributed by atoms with E-state index < -0.39 is 0 Å². The number of carbonyl (C=O) groups excluding carboxylic acids is 1. The summed E-state index contributed by atoms with van der Waals surface area (Å²) in [6, 6.07) is 5.27. The van der Waals surface area contributed by atoms with Gasteiger partial charge in [-0.15, -0.1) is 5.10 Å². The largest absolute Gasteiger partial charge is 0.378 e. The van der Waals surface area contributed by atoms with Crippen LogP contribution in [0.1, 0.15) is 35.3 Å². The lowest BCUT2D eigenvalue weighted by Crippen LogP contribution is -2.41. The average Bonchev–Trinajstić information content (AvgIpc) is 3.37. The van der Waals surface area contributed by atoms with Crippen molar-refractivity contribution in [3.05, 3.63) is 46.5 Å². The summed E-state index contributed by atoms with van der Waals surface area (Å²) in [4.78, 5) is 20.9. The second-order valence-corrected chi connectivity index (χ2v) is 7.27. The molecule has 2 unspecified atom stereocenters. The van der Waals surface area contributed by atoms with E-state index >= 15 is 0 Å². The maximum atomic E-state index is 12.9. The molecule has 3 aliphatic heterocycles. The van der Waals surface area contributed by atoms with Gasteiger partial charge in [0, 0.05) is 30.7 Å². The lowest BCUT2D eigenvalue weighted by atomic mass is 9.99. The first kappa shape index (κ1) is 16.6. The average molecular weight is 385 g/mol. The number of carbonyl (C=O) groups is 1. The molecule has 0 aliphatic carbocycles. The zero-order valence-corrected chi connectivity index (χ0v) is 15.6. The Kier molecular flexibility index (Phi) is 3.68. The fourth-order valence-electron chi connectivity index (χ4n) is 3.92. The number of fused-ring (bicyclic) bond motifs is 3. The number of ether oxygens (including phenoxy) is 1. The van der Waals surface area contributed by atoms with Gasteiger partial charge in [0.05, 0.1) is 18.0 Å². The molecule has 137 valence electrons. The Balaban J connectivity index is 1.65. The Morgan fingerprint density at radius 3 is 3.00 bits per heavy atom. The van der Waals surface area contributed by atoms with Crippen molar-refractivity contribution in [2.45, 2.75) is 25.4 Å². The van der Waals surface area contributed by atoms with Crippen molar-refractivity contribution in [1.82, 2.24) is 24.8 Å². The van der Waals surface area contributed by atoms with Crippen LogP contribution in [0.4, 0.5) is 5.69 Å². The SMILES string of the molecule is CC1OCCC1c1cnnn1C1=C2N(C)C(=O)c3cc(Cl)ccc3[N+]2C=N1. The monoisotopic (exact) mass is 384 g/mol. The predicted octanol–water partition coefficient (Wildman–Crippen LogP) is 2.51. The summed E-state index contributed by atoms with van der Waals surface area (Å²) in [5, 5.41) is 8.87. The van der Waals surface area contributed by atoms with Crippen molar-refractivity contribution in [1.29, 1.82) is 0 Å². The molecule has 8 nitrogen and oxygen atoms in total. The van der Waals surface area contributed by atoms with Gasteiger partial charge >= 0.3 is 5.82 Å². The molecule has 5 rings (SSSR count). The van der Waals surface area contributed by atoms with Gasteiger partial charge in [-0.2, -0.15) is 9.67 Å². The van der Waals surface area contributed by atoms with E-state index in [0.29, 0.717) is 28.8 Å². The minimum atomic E-state index is -0.138. The standard InChI is InChI=1S/C18H17ClN6O2/c1-10-12(5-6-27-10)15-8-21-22-25(15)16-17-23(2)18(26)13-7-11(19)3-4-14(13)24(17)9-20-16/h3-4,7-10,12H,5-6H2,1-2H3/q+1. The van der Waals surface area contributed by atoms with E-state index in [-0.39, 0.29) is 17.9 Å². The normalized spacial score (nSPS) is 24.7. The number of aliphatic imine (C=N–C) groups is 1. The van der Waals surface area contributed by atoms with Gasteiger partial charge in [-0.25, -0.2) is 0 Å². The first-order chi connectivity index (χ1) is 13.1. The van der Waals surface area contributed by atoms with Crippen molar-refractivity contribution >= 4 is 35.4 Å². The van der Waals surface area contributed by atoms with Crippen LogP contribution in [0.3, 0.4) is 0 Å². The third kappa shape index (κ3) is 2.37. The Labute approximate surface area is 160 Å². The summed E-state index contributed by atoms with van der Waals surface area (Å²) < 4.78 is 7.41. The van der Waals surface area contributed by atoms with Crippen LogP contribution in [0.25, 0.3) is 5.82 Å². The lowest BCUT2D eigenvalue weighted by molar-refractivity contribution is 0.0815. The Bertz CT molecular complexity index is 1010. The minimum Gasteiger partial charge on any atom is -0.378 e. The first-order valence-electron chi connectivity index (χ1n) is 8.74. The third-order valence-electron chi connectivity index (χ3n) is 5.33. The number of nitrogens with zero attached hydrogens (tertiary/aromatic N) is 6. The van der Waals surface area contributed by atoms with Gasteiger partial charge in [0.25, 0.3) is 12.2 Å². The van der Waals surface area contributed by atoms with Crippen molar-refractivity contribution < 1.29 is 9.53 Å². The maximum Gasteiger partial charge on any atom is 0.318 e. The van der Waals surface area contributed by atoms with Crippen LogP contribution in [-0.4, -0.2) is 51.9 Å². The second kappa shape index (κ2) is 5.98. The van der Waals surface area contributed by atoms with Gasteiger partial charge in [-0.1, -0.05) is 16.8 Å². The number of benzene rings is 1. The molecule has 2 atom stereocenters. The van der Waals surface area contributed by atoms with Crippen LogP contribution in [0.5, 0.6) is 0 Å². The highest BCUT2D eigenvalue weighted by Gasteiger charge is 2.47. The predicted molar refractivity (Wildman–Crippen MR) is 99.8 cm³/mol. The molecule has 1 radical (unpaired) electrons. The third-order valence-corrected chi connectivity index (χ3v) is 5.56. The molecule has 0 N–H and O–H groups in total. The Morgan fingerprint density at radius 2 is 2.22 bits per heavy atom. The van der Waals surface area contributed by atoms with Crippen LogP contribution in [0, 0.1) is 0 Å². The molecule has 3 aliphatic rings. The van der Waals surface area contributed by atoms with E-state index in [1.165, 1.54) is 0 Å². The molecule has 1 aromatic carbocycles. The number of hydrogen-bond donors (Lipinski definition) is 0. The number of rotatable bonds is 2. The highest BCUT2D eigenvalue weighted by molar-refractivity contribution is 6.31. The van der Waals surface area contributed by atoms with E-state index in [1.54, 1.807) is 41.3 Å². The van der Waals surface area contributed by atoms with Crippen LogP contribution >= 0.6 is 11.6 Å². The van der Waals surface area contributed by atoms with E-state index in [2.05, 4.69) is 15.3 Å². The summed E-state index contributed by atoms with van der Waals surface area (Å²) in [6.45, 7) is 2.76. The molecule has 1 saturated heterocycles. The molecule has 1 aromatic heterocycles. The van der Waals surface area contributed by atoms with E-state index in [0.717, 1.165) is 17.8 Å². The second-order valence-electron chi connectivity index (χ2n) is 6.83. The van der Waals surface area contributed by atoms with Crippen LogP contribution in [-0.2, 0) is 4.74 Å². The molecule has 1 fully saturated rings. The van der Waals surface area contributed by atoms with Crippen LogP contribution in [0.2, 0.25) is 5.02 Å². The summed E-state index contributed by atoms with van der Waals surface area (Å²) in [6.07, 6.45) is 4.43. The minimum absolute atomic E-state index is 0.0860. The first-order valence-corrected chi connectivity index (χ1v) is 9.12. The molecule has 9 heteroatoms. The van der Waals surface area contributed by atoms with Crippen molar-refractivity contribution in [2.24, 2.45) is 4.99 Å². The van der Waals surface area contributed by atoms with Crippen LogP contribution < -0.4 is 4.90 Å². The molecule has 0 saturated carbocycles. The molecular weight excluding hydrogens is 368 g/mol. The topological polar surface area (TPSA) is 78.5 Å². The van der Waals surface area contributed by atoms with Crippen molar-refractivity contribution in [3.63, 3.8) is 0 Å². The highest BCUT2D eigenvalue weighted by atomic mass is 35.5. The van der Waals surface area contributed by atoms with E-state index in [1.807, 2.05) is 17.9 Å². The summed E-state index contributed by atoms with van der Waals surface area (Å²) in [5.41, 5.74) is 2.22. The number of amides is 1. The fourth-order valence-corrected chi connectivity index (χ4v) is 4.09. The maximum absolute atomic E-state index is 12.9. The zero-order valence-electron chi connectivity index (χ0n) is 14.8. The number of halogens is 1. The smallest absolute Gasteiger partial charge is 0.318 e. The Morgan fingerprint density at radius 1 is 1.37 bits per heavy atom. The van der Waals surface area contributed by atoms with Gasteiger partial charge in [0.2, 0.25) is 11.5 Å². The van der Waals surface area contributed by atoms with Gasteiger partial charge in [0.15, 0.2) is 0 Å². The van der Waals surface area contributed by atoms with Crippen molar-refractivity contribution in [2.75, 3.05) is 13.7 Å². The van der Waals surface area contributed by atoms with Gasteiger partial charge in [-0.3, -0.25) is 9.69 Å². The quantitative estimate of drug-likeness (QED) is 0.745. The number of hydrogen-bond acceptors (Lipinski definition) is 6. The number of aromatic nitrogens is 3. The molecule has 0 spiro atoms. The fraction of sp³-hybridized carbons (Fsp3) is 0.333. The van der Waals surface area contributed by atoms with Gasteiger partial charge in [0.1, 0.15) is 5.56 Å². The van der Waals surface area contributed by atoms with Gasteiger partial charge in [-0.05, 0) is 30.4 Å². The zero-order chi connectivity index (χ0) is 18.7. The Hall–Kier alpha value is -2.55. The molecule has 4 heterocycles. The van der Waals surface area contributed by atoms with E-state index in [4.69, 9.17) is 16.3 Å². The molecule has 27 heavy (non-hydrogen) atoms. The van der Waals surface area contributed by atoms with E-state index in [9.17, 15) is 4.79 Å². The molecule has 0 bridgehead atoms. The summed E-state index contributed by atoms with van der Waals surface area (Å²) >= 11 is 6.08.